The smallest absolute Gasteiger partial charge is 0.318 e. The van der Waals surface area contributed by atoms with Gasteiger partial charge in [0.2, 0.25) is 5.91 Å². The van der Waals surface area contributed by atoms with Gasteiger partial charge in [-0.15, -0.1) is 0 Å². The van der Waals surface area contributed by atoms with Gasteiger partial charge in [-0.3, -0.25) is 14.7 Å². The van der Waals surface area contributed by atoms with Crippen LogP contribution in [-0.4, -0.2) is 74.5 Å². The van der Waals surface area contributed by atoms with E-state index in [0.717, 1.165) is 60.7 Å². The predicted molar refractivity (Wildman–Crippen MR) is 175 cm³/mol. The summed E-state index contributed by atoms with van der Waals surface area (Å²) in [4.78, 5) is 40.8. The molecule has 2 N–H and O–H groups in total. The minimum absolute atomic E-state index is 0.125. The van der Waals surface area contributed by atoms with Crippen LogP contribution in [0.5, 0.6) is 0 Å². The highest BCUT2D eigenvalue weighted by molar-refractivity contribution is 9.10. The number of piperazine rings is 1. The van der Waals surface area contributed by atoms with Gasteiger partial charge in [0.05, 0.1) is 18.1 Å². The highest BCUT2D eigenvalue weighted by Gasteiger charge is 2.40. The van der Waals surface area contributed by atoms with Crippen molar-refractivity contribution in [3.05, 3.63) is 81.1 Å². The van der Waals surface area contributed by atoms with E-state index >= 15 is 0 Å². The van der Waals surface area contributed by atoms with Crippen LogP contribution >= 0.6 is 27.5 Å². The topological polar surface area (TPSA) is 95.4 Å². The molecule has 2 unspecified atom stereocenters. The average molecular weight is 683 g/mol. The molecule has 3 aromatic rings. The largest absolute Gasteiger partial charge is 0.354 e. The number of fused-ring (bicyclic) bond motifs is 2. The van der Waals surface area contributed by atoms with Gasteiger partial charge in [0, 0.05) is 66.3 Å². The summed E-state index contributed by atoms with van der Waals surface area (Å²) < 4.78 is 2.99. The molecule has 0 radical (unpaired) electrons. The van der Waals surface area contributed by atoms with Crippen LogP contribution in [0.2, 0.25) is 5.02 Å². The maximum atomic E-state index is 13.9. The quantitative estimate of drug-likeness (QED) is 0.335. The molecule has 3 atom stereocenters. The first kappa shape index (κ1) is 31.0. The molecular formula is C33H41BrClN7O2. The van der Waals surface area contributed by atoms with Gasteiger partial charge in [-0.2, -0.15) is 0 Å². The molecule has 9 nitrogen and oxygen atoms in total. The van der Waals surface area contributed by atoms with Gasteiger partial charge in [-0.1, -0.05) is 36.9 Å². The zero-order chi connectivity index (χ0) is 30.6. The van der Waals surface area contributed by atoms with E-state index in [1.165, 1.54) is 17.5 Å². The second-order valence-corrected chi connectivity index (χ2v) is 13.7. The normalized spacial score (nSPS) is 21.6. The number of aryl methyl sites for hydroxylation is 2. The summed E-state index contributed by atoms with van der Waals surface area (Å²) in [5.41, 5.74) is 4.55. The van der Waals surface area contributed by atoms with Gasteiger partial charge >= 0.3 is 6.03 Å². The van der Waals surface area contributed by atoms with E-state index < -0.39 is 6.04 Å². The maximum absolute atomic E-state index is 13.9. The summed E-state index contributed by atoms with van der Waals surface area (Å²) in [5.74, 6) is -0.125. The van der Waals surface area contributed by atoms with Crippen molar-refractivity contribution in [1.82, 2.24) is 35.0 Å². The Kier molecular flexibility index (Phi) is 9.88. The monoisotopic (exact) mass is 681 g/mol. The van der Waals surface area contributed by atoms with Crippen LogP contribution in [0.15, 0.2) is 53.7 Å². The van der Waals surface area contributed by atoms with Gasteiger partial charge in [0.1, 0.15) is 6.04 Å². The number of imidazole rings is 1. The first-order chi connectivity index (χ1) is 21.4. The van der Waals surface area contributed by atoms with Crippen LogP contribution < -0.4 is 10.6 Å². The summed E-state index contributed by atoms with van der Waals surface area (Å²) in [6.07, 6.45) is 15.3. The molecule has 2 aromatic heterocycles. The maximum Gasteiger partial charge on any atom is 0.318 e. The number of urea groups is 1. The number of carbonyl (C=O) groups excluding carboxylic acids is 2. The van der Waals surface area contributed by atoms with Crippen molar-refractivity contribution in [3.63, 3.8) is 0 Å². The van der Waals surface area contributed by atoms with Crippen molar-refractivity contribution < 1.29 is 9.59 Å². The SMILES string of the molecule is CC(CCNC(=O)[C@H]1CN(C2c3ccc(Cl)cc3CCc3cc(Br)cnc32)CCN1C(=O)NC1CCCCC1)n1ccnc1. The summed E-state index contributed by atoms with van der Waals surface area (Å²) in [6, 6.07) is 7.71. The Hall–Kier alpha value is -2.95. The summed E-state index contributed by atoms with van der Waals surface area (Å²) in [5, 5.41) is 7.14. The van der Waals surface area contributed by atoms with Crippen molar-refractivity contribution in [2.75, 3.05) is 26.2 Å². The first-order valence-corrected chi connectivity index (χ1v) is 17.0. The number of amides is 3. The van der Waals surface area contributed by atoms with Gasteiger partial charge in [-0.25, -0.2) is 9.78 Å². The first-order valence-electron chi connectivity index (χ1n) is 15.9. The fourth-order valence-electron chi connectivity index (χ4n) is 6.99. The fraction of sp³-hybridized carbons (Fsp3) is 0.515. The molecule has 0 bridgehead atoms. The number of hydrogen-bond donors (Lipinski definition) is 2. The van der Waals surface area contributed by atoms with E-state index in [9.17, 15) is 9.59 Å². The van der Waals surface area contributed by atoms with Crippen molar-refractivity contribution in [1.29, 1.82) is 0 Å². The molecule has 1 saturated heterocycles. The van der Waals surface area contributed by atoms with Crippen LogP contribution in [-0.2, 0) is 17.6 Å². The lowest BCUT2D eigenvalue weighted by Crippen LogP contribution is -2.63. The van der Waals surface area contributed by atoms with E-state index in [1.807, 2.05) is 23.0 Å². The second kappa shape index (κ2) is 14.0. The minimum Gasteiger partial charge on any atom is -0.354 e. The molecular weight excluding hydrogens is 642 g/mol. The lowest BCUT2D eigenvalue weighted by Gasteiger charge is -2.44. The van der Waals surface area contributed by atoms with Crippen molar-refractivity contribution in [3.8, 4) is 0 Å². The molecule has 3 amide bonds. The Bertz CT molecular complexity index is 1410. The molecule has 3 aliphatic rings. The number of pyridine rings is 1. The van der Waals surface area contributed by atoms with Crippen molar-refractivity contribution in [2.24, 2.45) is 0 Å². The highest BCUT2D eigenvalue weighted by Crippen LogP contribution is 2.38. The Balaban J connectivity index is 1.26. The molecule has 6 rings (SSSR count). The summed E-state index contributed by atoms with van der Waals surface area (Å²) in [7, 11) is 0. The van der Waals surface area contributed by atoms with Crippen LogP contribution in [0.25, 0.3) is 0 Å². The number of halogens is 2. The Morgan fingerprint density at radius 3 is 2.73 bits per heavy atom. The molecule has 234 valence electrons. The van der Waals surface area contributed by atoms with Crippen molar-refractivity contribution >= 4 is 39.5 Å². The molecule has 11 heteroatoms. The molecule has 1 saturated carbocycles. The van der Waals surface area contributed by atoms with E-state index in [-0.39, 0.29) is 30.1 Å². The zero-order valence-electron chi connectivity index (χ0n) is 25.2. The number of nitrogens with zero attached hydrogens (tertiary/aromatic N) is 5. The fourth-order valence-corrected chi connectivity index (χ4v) is 7.57. The van der Waals surface area contributed by atoms with Crippen LogP contribution in [0.3, 0.4) is 0 Å². The minimum atomic E-state index is -0.631. The summed E-state index contributed by atoms with van der Waals surface area (Å²) in [6.45, 7) is 4.11. The lowest BCUT2D eigenvalue weighted by molar-refractivity contribution is -0.127. The van der Waals surface area contributed by atoms with E-state index in [4.69, 9.17) is 16.6 Å². The predicted octanol–water partition coefficient (Wildman–Crippen LogP) is 5.68. The van der Waals surface area contributed by atoms with Crippen LogP contribution in [0.1, 0.15) is 79.9 Å². The average Bonchev–Trinajstić information content (AvgIpc) is 3.52. The number of nitrogens with one attached hydrogen (secondary N) is 2. The third-order valence-corrected chi connectivity index (χ3v) is 10.1. The van der Waals surface area contributed by atoms with E-state index in [1.54, 1.807) is 17.4 Å². The summed E-state index contributed by atoms with van der Waals surface area (Å²) >= 11 is 10.1. The third kappa shape index (κ3) is 6.97. The third-order valence-electron chi connectivity index (χ3n) is 9.46. The van der Waals surface area contributed by atoms with Gasteiger partial charge in [0.25, 0.3) is 0 Å². The molecule has 44 heavy (non-hydrogen) atoms. The van der Waals surface area contributed by atoms with Gasteiger partial charge in [0.15, 0.2) is 0 Å². The Morgan fingerprint density at radius 1 is 1.11 bits per heavy atom. The van der Waals surface area contributed by atoms with Crippen LogP contribution in [0, 0.1) is 0 Å². The molecule has 3 heterocycles. The zero-order valence-corrected chi connectivity index (χ0v) is 27.6. The lowest BCUT2D eigenvalue weighted by atomic mass is 9.95. The van der Waals surface area contributed by atoms with E-state index in [0.29, 0.717) is 31.2 Å². The Morgan fingerprint density at radius 2 is 1.93 bits per heavy atom. The van der Waals surface area contributed by atoms with Crippen molar-refractivity contribution in [2.45, 2.75) is 82.5 Å². The highest BCUT2D eigenvalue weighted by atomic mass is 79.9. The number of hydrogen-bond acceptors (Lipinski definition) is 5. The standard InChI is InChI=1S/C33H41BrClN7O2/c1-22(41-14-13-36-21-41)11-12-37-32(43)29-20-40(15-16-42(29)33(44)39-27-5-3-2-4-6-27)31-28-10-9-26(35)18-23(28)7-8-24-17-25(34)19-38-30(24)31/h9-10,13-14,17-19,21-22,27,29,31H,2-8,11-12,15-16,20H2,1H3,(H,37,43)(H,39,44)/t22?,29-,31?/m1/s1. The number of rotatable bonds is 7. The van der Waals surface area contributed by atoms with Crippen LogP contribution in [0.4, 0.5) is 4.79 Å². The molecule has 1 aromatic carbocycles. The molecule has 1 aliphatic heterocycles. The second-order valence-electron chi connectivity index (χ2n) is 12.4. The number of benzene rings is 1. The molecule has 2 aliphatic carbocycles. The molecule has 0 spiro atoms. The molecule has 2 fully saturated rings. The number of carbonyl (C=O) groups is 2. The number of aromatic nitrogens is 3. The Labute approximate surface area is 272 Å². The van der Waals surface area contributed by atoms with Gasteiger partial charge in [-0.05, 0) is 89.8 Å². The van der Waals surface area contributed by atoms with Gasteiger partial charge < -0.3 is 20.1 Å². The van der Waals surface area contributed by atoms with E-state index in [2.05, 4.69) is 61.6 Å².